The molecule has 1 heterocycles. The molecular formula is C15H24N2O4S. The molecule has 0 saturated heterocycles. The van der Waals surface area contributed by atoms with E-state index in [9.17, 15) is 13.2 Å². The van der Waals surface area contributed by atoms with E-state index in [1.54, 1.807) is 18.2 Å². The summed E-state index contributed by atoms with van der Waals surface area (Å²) in [5.74, 6) is 0.856. The molecule has 124 valence electrons. The van der Waals surface area contributed by atoms with Gasteiger partial charge in [0.25, 0.3) is 0 Å². The van der Waals surface area contributed by atoms with E-state index in [4.69, 9.17) is 4.42 Å². The summed E-state index contributed by atoms with van der Waals surface area (Å²) in [6, 6.07) is 3.53. The first-order valence-corrected chi connectivity index (χ1v) is 9.05. The minimum atomic E-state index is -3.25. The van der Waals surface area contributed by atoms with Crippen molar-refractivity contribution in [2.45, 2.75) is 39.3 Å². The second kappa shape index (κ2) is 8.14. The number of amides is 1. The number of hydrogen-bond acceptors (Lipinski definition) is 4. The van der Waals surface area contributed by atoms with Gasteiger partial charge in [-0.3, -0.25) is 4.79 Å². The lowest BCUT2D eigenvalue weighted by molar-refractivity contribution is -0.117. The second-order valence-corrected chi connectivity index (χ2v) is 7.44. The highest BCUT2D eigenvalue weighted by Gasteiger charge is 2.13. The number of nitrogens with zero attached hydrogens (tertiary/aromatic N) is 1. The third-order valence-corrected chi connectivity index (χ3v) is 4.40. The smallest absolute Gasteiger partial charge is 0.244 e. The van der Waals surface area contributed by atoms with Crippen LogP contribution in [0.2, 0.25) is 0 Å². The van der Waals surface area contributed by atoms with Gasteiger partial charge in [-0.1, -0.05) is 13.3 Å². The van der Waals surface area contributed by atoms with E-state index in [1.807, 2.05) is 6.92 Å². The first-order valence-electron chi connectivity index (χ1n) is 7.21. The van der Waals surface area contributed by atoms with E-state index in [2.05, 4.69) is 12.2 Å². The molecule has 7 heteroatoms. The normalized spacial score (nSPS) is 13.7. The average Bonchev–Trinajstić information content (AvgIpc) is 2.83. The Balaban J connectivity index is 2.58. The standard InChI is InChI=1S/C15H24N2O4S/c1-5-6-12(2)16-15(18)10-9-13-7-8-14(21-13)11-17(3)22(4,19)20/h7-10,12H,5-6,11H2,1-4H3,(H,16,18)/b10-9+/t12-/m1/s1. The molecule has 0 saturated carbocycles. The van der Waals surface area contributed by atoms with Gasteiger partial charge in [0.15, 0.2) is 0 Å². The predicted molar refractivity (Wildman–Crippen MR) is 86.6 cm³/mol. The van der Waals surface area contributed by atoms with Crippen molar-refractivity contribution in [3.63, 3.8) is 0 Å². The fourth-order valence-corrected chi connectivity index (χ4v) is 2.22. The zero-order chi connectivity index (χ0) is 16.8. The molecule has 0 aromatic carbocycles. The second-order valence-electron chi connectivity index (χ2n) is 5.35. The molecule has 0 aliphatic heterocycles. The molecule has 1 rings (SSSR count). The van der Waals surface area contributed by atoms with Gasteiger partial charge < -0.3 is 9.73 Å². The summed E-state index contributed by atoms with van der Waals surface area (Å²) >= 11 is 0. The fourth-order valence-electron chi connectivity index (χ4n) is 1.86. The van der Waals surface area contributed by atoms with Crippen LogP contribution in [0.15, 0.2) is 22.6 Å². The highest BCUT2D eigenvalue weighted by Crippen LogP contribution is 2.12. The Morgan fingerprint density at radius 3 is 2.73 bits per heavy atom. The lowest BCUT2D eigenvalue weighted by atomic mass is 10.2. The van der Waals surface area contributed by atoms with Crippen LogP contribution in [0.5, 0.6) is 0 Å². The SMILES string of the molecule is CCC[C@@H](C)NC(=O)/C=C/c1ccc(CN(C)S(C)(=O)=O)o1. The van der Waals surface area contributed by atoms with E-state index < -0.39 is 10.0 Å². The van der Waals surface area contributed by atoms with Crippen molar-refractivity contribution >= 4 is 22.0 Å². The zero-order valence-corrected chi connectivity index (χ0v) is 14.3. The Bertz CT molecular complexity index is 619. The summed E-state index contributed by atoms with van der Waals surface area (Å²) in [6.07, 6.45) is 6.06. The van der Waals surface area contributed by atoms with Crippen LogP contribution in [0.1, 0.15) is 38.2 Å². The van der Waals surface area contributed by atoms with Crippen LogP contribution in [0.25, 0.3) is 6.08 Å². The first-order chi connectivity index (χ1) is 10.2. The van der Waals surface area contributed by atoms with E-state index in [0.717, 1.165) is 19.1 Å². The van der Waals surface area contributed by atoms with Crippen molar-refractivity contribution < 1.29 is 17.6 Å². The van der Waals surface area contributed by atoms with Crippen LogP contribution in [-0.2, 0) is 21.4 Å². The number of carbonyl (C=O) groups excluding carboxylic acids is 1. The van der Waals surface area contributed by atoms with Gasteiger partial charge in [-0.2, -0.15) is 4.31 Å². The Kier molecular flexibility index (Phi) is 6.83. The van der Waals surface area contributed by atoms with Crippen LogP contribution in [0.4, 0.5) is 0 Å². The van der Waals surface area contributed by atoms with Gasteiger partial charge >= 0.3 is 0 Å². The van der Waals surface area contributed by atoms with Gasteiger partial charge in [0.2, 0.25) is 15.9 Å². The Labute approximate surface area is 132 Å². The average molecular weight is 328 g/mol. The molecule has 1 aromatic heterocycles. The van der Waals surface area contributed by atoms with Crippen molar-refractivity contribution in [2.75, 3.05) is 13.3 Å². The van der Waals surface area contributed by atoms with E-state index in [-0.39, 0.29) is 18.5 Å². The Morgan fingerprint density at radius 1 is 1.45 bits per heavy atom. The van der Waals surface area contributed by atoms with Gasteiger partial charge in [-0.25, -0.2) is 8.42 Å². The van der Waals surface area contributed by atoms with Gasteiger partial charge in [0.1, 0.15) is 11.5 Å². The quantitative estimate of drug-likeness (QED) is 0.740. The van der Waals surface area contributed by atoms with Crippen LogP contribution >= 0.6 is 0 Å². The number of carbonyl (C=O) groups is 1. The van der Waals surface area contributed by atoms with Crippen molar-refractivity contribution in [2.24, 2.45) is 0 Å². The van der Waals surface area contributed by atoms with Crippen molar-refractivity contribution in [3.8, 4) is 0 Å². The van der Waals surface area contributed by atoms with Gasteiger partial charge in [-0.15, -0.1) is 0 Å². The Morgan fingerprint density at radius 2 is 2.14 bits per heavy atom. The van der Waals surface area contributed by atoms with Gasteiger partial charge in [0.05, 0.1) is 12.8 Å². The van der Waals surface area contributed by atoms with Gasteiger partial charge in [-0.05, 0) is 31.6 Å². The summed E-state index contributed by atoms with van der Waals surface area (Å²) in [4.78, 5) is 11.7. The molecule has 0 unspecified atom stereocenters. The first kappa shape index (κ1) is 18.4. The maximum atomic E-state index is 11.7. The lowest BCUT2D eigenvalue weighted by Gasteiger charge is -2.11. The van der Waals surface area contributed by atoms with Crippen molar-refractivity contribution in [1.82, 2.24) is 9.62 Å². The third-order valence-electron chi connectivity index (χ3n) is 3.14. The molecule has 1 amide bonds. The van der Waals surface area contributed by atoms with Gasteiger partial charge in [0, 0.05) is 19.2 Å². The molecule has 0 spiro atoms. The van der Waals surface area contributed by atoms with E-state index >= 15 is 0 Å². The molecule has 0 aliphatic rings. The summed E-state index contributed by atoms with van der Waals surface area (Å²) in [5.41, 5.74) is 0. The molecule has 1 N–H and O–H groups in total. The molecule has 22 heavy (non-hydrogen) atoms. The van der Waals surface area contributed by atoms with E-state index in [0.29, 0.717) is 11.5 Å². The number of furan rings is 1. The third kappa shape index (κ3) is 6.44. The summed E-state index contributed by atoms with van der Waals surface area (Å²) < 4.78 is 29.3. The monoisotopic (exact) mass is 328 g/mol. The topological polar surface area (TPSA) is 79.6 Å². The summed E-state index contributed by atoms with van der Waals surface area (Å²) in [6.45, 7) is 4.18. The predicted octanol–water partition coefficient (Wildman–Crippen LogP) is 1.99. The molecule has 6 nitrogen and oxygen atoms in total. The zero-order valence-electron chi connectivity index (χ0n) is 13.5. The molecule has 0 bridgehead atoms. The van der Waals surface area contributed by atoms with Crippen LogP contribution < -0.4 is 5.32 Å². The number of nitrogens with one attached hydrogen (secondary N) is 1. The highest BCUT2D eigenvalue weighted by molar-refractivity contribution is 7.88. The van der Waals surface area contributed by atoms with Crippen molar-refractivity contribution in [1.29, 1.82) is 0 Å². The minimum absolute atomic E-state index is 0.137. The largest absolute Gasteiger partial charge is 0.460 e. The lowest BCUT2D eigenvalue weighted by Crippen LogP contribution is -2.30. The molecule has 1 aromatic rings. The van der Waals surface area contributed by atoms with Crippen LogP contribution in [0, 0.1) is 0 Å². The fraction of sp³-hybridized carbons (Fsp3) is 0.533. The maximum absolute atomic E-state index is 11.7. The summed E-state index contributed by atoms with van der Waals surface area (Å²) in [7, 11) is -1.76. The Hall–Kier alpha value is -1.60. The highest BCUT2D eigenvalue weighted by atomic mass is 32.2. The van der Waals surface area contributed by atoms with Crippen molar-refractivity contribution in [3.05, 3.63) is 29.7 Å². The molecule has 0 aliphatic carbocycles. The number of sulfonamides is 1. The summed E-state index contributed by atoms with van der Waals surface area (Å²) in [5, 5.41) is 2.86. The number of hydrogen-bond donors (Lipinski definition) is 1. The molecule has 1 atom stereocenters. The number of rotatable bonds is 8. The maximum Gasteiger partial charge on any atom is 0.244 e. The van der Waals surface area contributed by atoms with E-state index in [1.165, 1.54) is 17.4 Å². The molecule has 0 fully saturated rings. The molecular weight excluding hydrogens is 304 g/mol. The van der Waals surface area contributed by atoms with Crippen LogP contribution in [-0.4, -0.2) is 38.0 Å². The van der Waals surface area contributed by atoms with Crippen LogP contribution in [0.3, 0.4) is 0 Å². The molecule has 0 radical (unpaired) electrons. The minimum Gasteiger partial charge on any atom is -0.460 e.